The number of piperidine rings is 1. The molecule has 0 aromatic heterocycles. The molecule has 4 heteroatoms. The number of hydrogen-bond donors (Lipinski definition) is 1. The van der Waals surface area contributed by atoms with Gasteiger partial charge in [-0.05, 0) is 25.5 Å². The van der Waals surface area contributed by atoms with E-state index in [0.29, 0.717) is 13.2 Å². The molecule has 2 heterocycles. The number of nitrogens with one attached hydrogen (secondary N) is 1. The predicted octanol–water partition coefficient (Wildman–Crippen LogP) is 0.294. The summed E-state index contributed by atoms with van der Waals surface area (Å²) in [6.45, 7) is 4.48. The SMILES string of the molecule is CCOC(=O)C1=C2CCNCC2=NC1. The Morgan fingerprint density at radius 3 is 3.29 bits per heavy atom. The Morgan fingerprint density at radius 2 is 2.50 bits per heavy atom. The number of esters is 1. The molecule has 1 N–H and O–H groups in total. The zero-order valence-electron chi connectivity index (χ0n) is 8.30. The molecule has 2 aliphatic heterocycles. The molecule has 1 saturated heterocycles. The second-order valence-corrected chi connectivity index (χ2v) is 3.37. The van der Waals surface area contributed by atoms with Gasteiger partial charge in [-0.25, -0.2) is 4.79 Å². The van der Waals surface area contributed by atoms with Gasteiger partial charge in [0.15, 0.2) is 0 Å². The highest BCUT2D eigenvalue weighted by Gasteiger charge is 2.26. The number of carbonyl (C=O) groups is 1. The average molecular weight is 194 g/mol. The molecule has 4 nitrogen and oxygen atoms in total. The van der Waals surface area contributed by atoms with Crippen LogP contribution in [0.2, 0.25) is 0 Å². The lowest BCUT2D eigenvalue weighted by Gasteiger charge is -2.15. The van der Waals surface area contributed by atoms with Crippen molar-refractivity contribution >= 4 is 11.7 Å². The molecule has 14 heavy (non-hydrogen) atoms. The monoisotopic (exact) mass is 194 g/mol. The maximum absolute atomic E-state index is 11.5. The number of hydrogen-bond acceptors (Lipinski definition) is 4. The van der Waals surface area contributed by atoms with Crippen molar-refractivity contribution in [3.63, 3.8) is 0 Å². The van der Waals surface area contributed by atoms with Crippen molar-refractivity contribution in [3.05, 3.63) is 11.1 Å². The van der Waals surface area contributed by atoms with Gasteiger partial charge in [0.05, 0.1) is 24.4 Å². The summed E-state index contributed by atoms with van der Waals surface area (Å²) >= 11 is 0. The number of fused-ring (bicyclic) bond motifs is 1. The van der Waals surface area contributed by atoms with Gasteiger partial charge in [0.1, 0.15) is 0 Å². The summed E-state index contributed by atoms with van der Waals surface area (Å²) in [6, 6.07) is 0. The van der Waals surface area contributed by atoms with Crippen molar-refractivity contribution in [3.8, 4) is 0 Å². The molecule has 2 rings (SSSR count). The Hall–Kier alpha value is -1.16. The Bertz CT molecular complexity index is 318. The lowest BCUT2D eigenvalue weighted by Crippen LogP contribution is -2.31. The van der Waals surface area contributed by atoms with Crippen molar-refractivity contribution in [2.45, 2.75) is 13.3 Å². The van der Waals surface area contributed by atoms with Crippen molar-refractivity contribution in [1.29, 1.82) is 0 Å². The molecule has 0 spiro atoms. The van der Waals surface area contributed by atoms with Crippen molar-refractivity contribution < 1.29 is 9.53 Å². The molecule has 1 fully saturated rings. The fraction of sp³-hybridized carbons (Fsp3) is 0.600. The number of aliphatic imine (C=N–C) groups is 1. The van der Waals surface area contributed by atoms with Crippen LogP contribution in [0.5, 0.6) is 0 Å². The molecule has 0 atom stereocenters. The fourth-order valence-electron chi connectivity index (χ4n) is 1.82. The molecule has 0 aromatic carbocycles. The number of ether oxygens (including phenoxy) is 1. The van der Waals surface area contributed by atoms with Crippen LogP contribution in [-0.4, -0.2) is 37.9 Å². The normalized spacial score (nSPS) is 20.5. The lowest BCUT2D eigenvalue weighted by atomic mass is 10.00. The molecule has 0 aliphatic carbocycles. The highest BCUT2D eigenvalue weighted by molar-refractivity contribution is 6.11. The van der Waals surface area contributed by atoms with Gasteiger partial charge < -0.3 is 10.1 Å². The van der Waals surface area contributed by atoms with Crippen LogP contribution in [-0.2, 0) is 9.53 Å². The molecule has 76 valence electrons. The summed E-state index contributed by atoms with van der Waals surface area (Å²) in [5.74, 6) is -0.192. The zero-order valence-corrected chi connectivity index (χ0v) is 8.30. The first-order valence-electron chi connectivity index (χ1n) is 4.96. The Labute approximate surface area is 83.0 Å². The van der Waals surface area contributed by atoms with Crippen LogP contribution in [0.1, 0.15) is 13.3 Å². The van der Waals surface area contributed by atoms with Crippen LogP contribution in [0.4, 0.5) is 0 Å². The second-order valence-electron chi connectivity index (χ2n) is 3.37. The minimum Gasteiger partial charge on any atom is -0.463 e. The topological polar surface area (TPSA) is 50.7 Å². The number of nitrogens with zero attached hydrogens (tertiary/aromatic N) is 1. The van der Waals surface area contributed by atoms with Crippen molar-refractivity contribution in [1.82, 2.24) is 5.32 Å². The highest BCUT2D eigenvalue weighted by Crippen LogP contribution is 2.21. The van der Waals surface area contributed by atoms with Crippen molar-refractivity contribution in [2.24, 2.45) is 4.99 Å². The number of carbonyl (C=O) groups excluding carboxylic acids is 1. The first kappa shape index (κ1) is 9.40. The quantitative estimate of drug-likeness (QED) is 0.643. The van der Waals surface area contributed by atoms with Crippen LogP contribution in [0.25, 0.3) is 0 Å². The molecule has 0 unspecified atom stereocenters. The average Bonchev–Trinajstić information content (AvgIpc) is 2.61. The second kappa shape index (κ2) is 3.92. The van der Waals surface area contributed by atoms with Gasteiger partial charge in [-0.15, -0.1) is 0 Å². The van der Waals surface area contributed by atoms with E-state index in [0.717, 1.165) is 36.4 Å². The van der Waals surface area contributed by atoms with Gasteiger partial charge >= 0.3 is 5.97 Å². The van der Waals surface area contributed by atoms with Crippen LogP contribution in [0, 0.1) is 0 Å². The molecule has 0 radical (unpaired) electrons. The number of rotatable bonds is 2. The van der Waals surface area contributed by atoms with Gasteiger partial charge in [-0.1, -0.05) is 0 Å². The smallest absolute Gasteiger partial charge is 0.336 e. The zero-order chi connectivity index (χ0) is 9.97. The Balaban J connectivity index is 2.16. The molecule has 0 bridgehead atoms. The van der Waals surface area contributed by atoms with Crippen molar-refractivity contribution in [2.75, 3.05) is 26.2 Å². The molecule has 0 amide bonds. The van der Waals surface area contributed by atoms with Crippen LogP contribution < -0.4 is 5.32 Å². The van der Waals surface area contributed by atoms with E-state index < -0.39 is 0 Å². The third-order valence-electron chi connectivity index (χ3n) is 2.51. The van der Waals surface area contributed by atoms with E-state index in [1.54, 1.807) is 0 Å². The standard InChI is InChI=1S/C10H14N2O2/c1-2-14-10(13)8-5-12-9-6-11-4-3-7(8)9/h11H,2-6H2,1H3. The molecule has 2 aliphatic rings. The van der Waals surface area contributed by atoms with E-state index in [9.17, 15) is 4.79 Å². The third-order valence-corrected chi connectivity index (χ3v) is 2.51. The van der Waals surface area contributed by atoms with Gasteiger partial charge in [0, 0.05) is 6.54 Å². The maximum atomic E-state index is 11.5. The fourth-order valence-corrected chi connectivity index (χ4v) is 1.82. The summed E-state index contributed by atoms with van der Waals surface area (Å²) < 4.78 is 4.98. The van der Waals surface area contributed by atoms with Gasteiger partial charge in [-0.2, -0.15) is 0 Å². The van der Waals surface area contributed by atoms with Gasteiger partial charge in [0.2, 0.25) is 0 Å². The molecule has 0 saturated carbocycles. The van der Waals surface area contributed by atoms with Gasteiger partial charge in [-0.3, -0.25) is 4.99 Å². The Morgan fingerprint density at radius 1 is 1.64 bits per heavy atom. The molecule has 0 aromatic rings. The van der Waals surface area contributed by atoms with E-state index in [1.165, 1.54) is 0 Å². The van der Waals surface area contributed by atoms with Crippen LogP contribution in [0.3, 0.4) is 0 Å². The summed E-state index contributed by atoms with van der Waals surface area (Å²) in [5.41, 5.74) is 2.92. The highest BCUT2D eigenvalue weighted by atomic mass is 16.5. The summed E-state index contributed by atoms with van der Waals surface area (Å²) in [5, 5.41) is 3.23. The first-order chi connectivity index (χ1) is 6.83. The minimum atomic E-state index is -0.192. The van der Waals surface area contributed by atoms with Crippen LogP contribution >= 0.6 is 0 Å². The maximum Gasteiger partial charge on any atom is 0.336 e. The Kier molecular flexibility index (Phi) is 2.63. The predicted molar refractivity (Wildman–Crippen MR) is 53.4 cm³/mol. The summed E-state index contributed by atoms with van der Waals surface area (Å²) in [7, 11) is 0. The van der Waals surface area contributed by atoms with Crippen LogP contribution in [0.15, 0.2) is 16.1 Å². The molecular formula is C10H14N2O2. The van der Waals surface area contributed by atoms with E-state index in [1.807, 2.05) is 6.92 Å². The van der Waals surface area contributed by atoms with Gasteiger partial charge in [0.25, 0.3) is 0 Å². The van der Waals surface area contributed by atoms with E-state index in [-0.39, 0.29) is 5.97 Å². The first-order valence-corrected chi connectivity index (χ1v) is 4.96. The lowest BCUT2D eigenvalue weighted by molar-refractivity contribution is -0.138. The molecular weight excluding hydrogens is 180 g/mol. The van der Waals surface area contributed by atoms with E-state index >= 15 is 0 Å². The summed E-state index contributed by atoms with van der Waals surface area (Å²) in [4.78, 5) is 15.8. The third kappa shape index (κ3) is 1.57. The van der Waals surface area contributed by atoms with E-state index in [2.05, 4.69) is 10.3 Å². The largest absolute Gasteiger partial charge is 0.463 e. The summed E-state index contributed by atoms with van der Waals surface area (Å²) in [6.07, 6.45) is 0.896. The minimum absolute atomic E-state index is 0.192. The van der Waals surface area contributed by atoms with E-state index in [4.69, 9.17) is 4.74 Å².